The van der Waals surface area contributed by atoms with Crippen LogP contribution >= 0.6 is 0 Å². The highest BCUT2D eigenvalue weighted by molar-refractivity contribution is 6.00. The second-order valence-corrected chi connectivity index (χ2v) is 3.54. The second kappa shape index (κ2) is 4.33. The fraction of sp³-hybridized carbons (Fsp3) is 0.154. The molecule has 0 radical (unpaired) electrons. The number of benzene rings is 2. The third-order valence-electron chi connectivity index (χ3n) is 2.61. The highest BCUT2D eigenvalue weighted by atomic mass is 16.5. The number of rotatable bonds is 3. The smallest absolute Gasteiger partial charge is 0.339 e. The quantitative estimate of drug-likeness (QED) is 0.883. The van der Waals surface area contributed by atoms with Crippen LogP contribution in [0.1, 0.15) is 10.4 Å². The van der Waals surface area contributed by atoms with Gasteiger partial charge >= 0.3 is 5.97 Å². The Balaban J connectivity index is 2.73. The van der Waals surface area contributed by atoms with E-state index in [2.05, 4.69) is 0 Å². The molecule has 0 saturated heterocycles. The molecule has 0 aromatic heterocycles. The van der Waals surface area contributed by atoms with E-state index >= 15 is 0 Å². The minimum Gasteiger partial charge on any atom is -0.497 e. The molecule has 2 aromatic carbocycles. The lowest BCUT2D eigenvalue weighted by atomic mass is 10.0. The van der Waals surface area contributed by atoms with E-state index in [0.29, 0.717) is 5.75 Å². The molecule has 0 unspecified atom stereocenters. The van der Waals surface area contributed by atoms with Gasteiger partial charge in [0, 0.05) is 5.39 Å². The average molecular weight is 232 g/mol. The van der Waals surface area contributed by atoms with Crippen LogP contribution in [0, 0.1) is 0 Å². The molecule has 17 heavy (non-hydrogen) atoms. The summed E-state index contributed by atoms with van der Waals surface area (Å²) >= 11 is 0. The average Bonchev–Trinajstić information content (AvgIpc) is 2.36. The van der Waals surface area contributed by atoms with Gasteiger partial charge < -0.3 is 14.6 Å². The lowest BCUT2D eigenvalue weighted by Gasteiger charge is -2.09. The summed E-state index contributed by atoms with van der Waals surface area (Å²) in [5.74, 6) is 0.0971. The lowest BCUT2D eigenvalue weighted by molar-refractivity contribution is 0.0693. The Hall–Kier alpha value is -2.23. The van der Waals surface area contributed by atoms with Gasteiger partial charge in [-0.05, 0) is 29.7 Å². The summed E-state index contributed by atoms with van der Waals surface area (Å²) in [6.45, 7) is 0. The minimum absolute atomic E-state index is 0.158. The van der Waals surface area contributed by atoms with Crippen LogP contribution in [0.5, 0.6) is 11.5 Å². The molecule has 1 N–H and O–H groups in total. The number of hydrogen-bond acceptors (Lipinski definition) is 3. The normalized spacial score (nSPS) is 10.2. The Morgan fingerprint density at radius 3 is 2.47 bits per heavy atom. The number of aromatic carboxylic acids is 1. The maximum atomic E-state index is 11.0. The van der Waals surface area contributed by atoms with Crippen LogP contribution in [0.15, 0.2) is 30.3 Å². The maximum absolute atomic E-state index is 11.0. The Morgan fingerprint density at radius 2 is 1.88 bits per heavy atom. The number of fused-ring (bicyclic) bond motifs is 1. The van der Waals surface area contributed by atoms with Crippen molar-refractivity contribution in [3.05, 3.63) is 35.9 Å². The highest BCUT2D eigenvalue weighted by Gasteiger charge is 2.14. The zero-order valence-corrected chi connectivity index (χ0v) is 9.56. The van der Waals surface area contributed by atoms with Crippen molar-refractivity contribution in [2.24, 2.45) is 0 Å². The fourth-order valence-electron chi connectivity index (χ4n) is 1.79. The van der Waals surface area contributed by atoms with E-state index in [9.17, 15) is 4.79 Å². The predicted octanol–water partition coefficient (Wildman–Crippen LogP) is 2.56. The summed E-state index contributed by atoms with van der Waals surface area (Å²) < 4.78 is 10.3. The molecule has 2 rings (SSSR count). The summed E-state index contributed by atoms with van der Waals surface area (Å²) in [5.41, 5.74) is 0.158. The van der Waals surface area contributed by atoms with Crippen LogP contribution in [0.2, 0.25) is 0 Å². The first-order valence-corrected chi connectivity index (χ1v) is 5.05. The Labute approximate surface area is 98.4 Å². The molecule has 2 aromatic rings. The molecule has 0 atom stereocenters. The largest absolute Gasteiger partial charge is 0.497 e. The van der Waals surface area contributed by atoms with Crippen LogP contribution in [-0.4, -0.2) is 25.3 Å². The number of methoxy groups -OCH3 is 2. The first-order valence-electron chi connectivity index (χ1n) is 5.05. The van der Waals surface area contributed by atoms with Crippen molar-refractivity contribution in [3.8, 4) is 11.5 Å². The van der Waals surface area contributed by atoms with E-state index in [1.807, 2.05) is 6.07 Å². The SMILES string of the molecule is COc1ccc2c(OC)c(C(=O)O)ccc2c1. The summed E-state index contributed by atoms with van der Waals surface area (Å²) in [7, 11) is 3.05. The van der Waals surface area contributed by atoms with Gasteiger partial charge in [-0.2, -0.15) is 0 Å². The van der Waals surface area contributed by atoms with Crippen LogP contribution in [0.3, 0.4) is 0 Å². The van der Waals surface area contributed by atoms with Gasteiger partial charge in [-0.1, -0.05) is 6.07 Å². The molecular formula is C13H12O4. The number of ether oxygens (including phenoxy) is 2. The monoisotopic (exact) mass is 232 g/mol. The second-order valence-electron chi connectivity index (χ2n) is 3.54. The van der Waals surface area contributed by atoms with E-state index in [1.165, 1.54) is 13.2 Å². The molecule has 0 fully saturated rings. The van der Waals surface area contributed by atoms with Gasteiger partial charge in [-0.15, -0.1) is 0 Å². The first-order chi connectivity index (χ1) is 8.17. The fourth-order valence-corrected chi connectivity index (χ4v) is 1.79. The van der Waals surface area contributed by atoms with Gasteiger partial charge in [0.15, 0.2) is 0 Å². The summed E-state index contributed by atoms with van der Waals surface area (Å²) in [4.78, 5) is 11.0. The molecule has 0 aliphatic heterocycles. The van der Waals surface area contributed by atoms with E-state index in [4.69, 9.17) is 14.6 Å². The Bertz CT molecular complexity index is 575. The van der Waals surface area contributed by atoms with Gasteiger partial charge in [0.25, 0.3) is 0 Å². The van der Waals surface area contributed by atoms with E-state index in [-0.39, 0.29) is 5.56 Å². The van der Waals surface area contributed by atoms with Gasteiger partial charge in [-0.25, -0.2) is 4.79 Å². The topological polar surface area (TPSA) is 55.8 Å². The standard InChI is InChI=1S/C13H12O4/c1-16-9-4-6-10-8(7-9)3-5-11(13(14)15)12(10)17-2/h3-7H,1-2H3,(H,14,15). The molecule has 0 aliphatic carbocycles. The molecule has 0 heterocycles. The lowest BCUT2D eigenvalue weighted by Crippen LogP contribution is -2.00. The minimum atomic E-state index is -1.00. The van der Waals surface area contributed by atoms with Crippen LogP contribution in [0.25, 0.3) is 10.8 Å². The number of carboxylic acid groups (broad SMARTS) is 1. The third kappa shape index (κ3) is 1.89. The van der Waals surface area contributed by atoms with Gasteiger partial charge in [-0.3, -0.25) is 0 Å². The molecule has 4 nitrogen and oxygen atoms in total. The molecular weight excluding hydrogens is 220 g/mol. The van der Waals surface area contributed by atoms with E-state index in [1.54, 1.807) is 25.3 Å². The van der Waals surface area contributed by atoms with Crippen LogP contribution < -0.4 is 9.47 Å². The molecule has 0 spiro atoms. The van der Waals surface area contributed by atoms with Crippen molar-refractivity contribution in [3.63, 3.8) is 0 Å². The van der Waals surface area contributed by atoms with Crippen molar-refractivity contribution in [2.75, 3.05) is 14.2 Å². The Morgan fingerprint density at radius 1 is 1.12 bits per heavy atom. The molecule has 0 saturated carbocycles. The zero-order chi connectivity index (χ0) is 12.4. The molecule has 4 heteroatoms. The van der Waals surface area contributed by atoms with E-state index in [0.717, 1.165) is 16.5 Å². The summed E-state index contributed by atoms with van der Waals surface area (Å²) in [6.07, 6.45) is 0. The molecule has 0 aliphatic rings. The van der Waals surface area contributed by atoms with Crippen molar-refractivity contribution in [2.45, 2.75) is 0 Å². The zero-order valence-electron chi connectivity index (χ0n) is 9.56. The maximum Gasteiger partial charge on any atom is 0.339 e. The molecule has 88 valence electrons. The summed E-state index contributed by atoms with van der Waals surface area (Å²) in [5, 5.41) is 10.7. The van der Waals surface area contributed by atoms with Gasteiger partial charge in [0.05, 0.1) is 14.2 Å². The number of hydrogen-bond donors (Lipinski definition) is 1. The van der Waals surface area contributed by atoms with Crippen molar-refractivity contribution >= 4 is 16.7 Å². The number of carboxylic acids is 1. The predicted molar refractivity (Wildman–Crippen MR) is 64.0 cm³/mol. The first kappa shape index (κ1) is 11.3. The molecule has 0 bridgehead atoms. The van der Waals surface area contributed by atoms with Crippen molar-refractivity contribution in [1.82, 2.24) is 0 Å². The third-order valence-corrected chi connectivity index (χ3v) is 2.61. The number of carbonyl (C=O) groups is 1. The molecule has 0 amide bonds. The highest BCUT2D eigenvalue weighted by Crippen LogP contribution is 2.31. The van der Waals surface area contributed by atoms with Crippen LogP contribution in [0.4, 0.5) is 0 Å². The van der Waals surface area contributed by atoms with Gasteiger partial charge in [0.2, 0.25) is 0 Å². The summed E-state index contributed by atoms with van der Waals surface area (Å²) in [6, 6.07) is 8.67. The Kier molecular flexibility index (Phi) is 2.87. The van der Waals surface area contributed by atoms with Crippen molar-refractivity contribution < 1.29 is 19.4 Å². The van der Waals surface area contributed by atoms with Gasteiger partial charge in [0.1, 0.15) is 17.1 Å². The van der Waals surface area contributed by atoms with Crippen LogP contribution in [-0.2, 0) is 0 Å². The van der Waals surface area contributed by atoms with E-state index < -0.39 is 5.97 Å². The van der Waals surface area contributed by atoms with Crippen molar-refractivity contribution in [1.29, 1.82) is 0 Å².